The Morgan fingerprint density at radius 3 is 2.48 bits per heavy atom. The minimum Gasteiger partial charge on any atom is -0.264 e. The summed E-state index contributed by atoms with van der Waals surface area (Å²) >= 11 is 6.36. The molecule has 3 aromatic rings. The highest BCUT2D eigenvalue weighted by molar-refractivity contribution is 6.30. The Labute approximate surface area is 128 Å². The van der Waals surface area contributed by atoms with Crippen LogP contribution in [0.3, 0.4) is 0 Å². The van der Waals surface area contributed by atoms with E-state index in [4.69, 9.17) is 11.6 Å². The number of pyridine rings is 1. The van der Waals surface area contributed by atoms with Gasteiger partial charge in [0.2, 0.25) is 0 Å². The summed E-state index contributed by atoms with van der Waals surface area (Å²) in [5.41, 5.74) is 3.93. The van der Waals surface area contributed by atoms with E-state index in [0.29, 0.717) is 11.0 Å². The molecule has 0 N–H and O–H groups in total. The number of benzene rings is 1. The van der Waals surface area contributed by atoms with Crippen LogP contribution in [0.1, 0.15) is 16.8 Å². The number of rotatable bonds is 3. The molecule has 0 saturated carbocycles. The Morgan fingerprint density at radius 1 is 1.00 bits per heavy atom. The highest BCUT2D eigenvalue weighted by atomic mass is 35.5. The Kier molecular flexibility index (Phi) is 3.93. The third-order valence-corrected chi connectivity index (χ3v) is 3.62. The molecule has 0 aliphatic carbocycles. The van der Waals surface area contributed by atoms with Gasteiger partial charge < -0.3 is 0 Å². The van der Waals surface area contributed by atoms with Crippen LogP contribution in [0, 0.1) is 6.92 Å². The first kappa shape index (κ1) is 13.7. The Bertz CT molecular complexity index is 719. The fourth-order valence-corrected chi connectivity index (χ4v) is 2.47. The lowest BCUT2D eigenvalue weighted by molar-refractivity contribution is 1.02. The molecule has 0 fully saturated rings. The van der Waals surface area contributed by atoms with Crippen molar-refractivity contribution in [3.63, 3.8) is 0 Å². The molecule has 0 unspecified atom stereocenters. The van der Waals surface area contributed by atoms with Gasteiger partial charge in [0, 0.05) is 35.6 Å². The zero-order chi connectivity index (χ0) is 14.7. The molecular weight excluding hydrogens is 282 g/mol. The van der Waals surface area contributed by atoms with E-state index < -0.39 is 0 Å². The summed E-state index contributed by atoms with van der Waals surface area (Å²) in [7, 11) is 0. The van der Waals surface area contributed by atoms with Crippen molar-refractivity contribution >= 4 is 11.6 Å². The zero-order valence-electron chi connectivity index (χ0n) is 11.6. The summed E-state index contributed by atoms with van der Waals surface area (Å²) in [5, 5.41) is 0.505. The van der Waals surface area contributed by atoms with Gasteiger partial charge in [0.1, 0.15) is 5.15 Å². The first-order valence-electron chi connectivity index (χ1n) is 6.71. The van der Waals surface area contributed by atoms with E-state index in [1.165, 1.54) is 5.56 Å². The normalized spacial score (nSPS) is 10.6. The van der Waals surface area contributed by atoms with Gasteiger partial charge in [0.25, 0.3) is 0 Å². The summed E-state index contributed by atoms with van der Waals surface area (Å²) < 4.78 is 0. The van der Waals surface area contributed by atoms with Crippen molar-refractivity contribution in [3.05, 3.63) is 76.8 Å². The molecule has 0 radical (unpaired) electrons. The van der Waals surface area contributed by atoms with Crippen molar-refractivity contribution in [3.8, 4) is 11.4 Å². The zero-order valence-corrected chi connectivity index (χ0v) is 12.4. The van der Waals surface area contributed by atoms with Crippen LogP contribution in [0.2, 0.25) is 5.15 Å². The van der Waals surface area contributed by atoms with Gasteiger partial charge in [-0.25, -0.2) is 9.97 Å². The van der Waals surface area contributed by atoms with Gasteiger partial charge in [0.05, 0.1) is 0 Å². The van der Waals surface area contributed by atoms with E-state index in [-0.39, 0.29) is 0 Å². The second-order valence-electron chi connectivity index (χ2n) is 4.81. The number of hydrogen-bond acceptors (Lipinski definition) is 3. The fraction of sp³-hybridized carbons (Fsp3) is 0.118. The summed E-state index contributed by atoms with van der Waals surface area (Å²) in [4.78, 5) is 13.1. The molecular formula is C17H14ClN3. The highest BCUT2D eigenvalue weighted by Crippen LogP contribution is 2.24. The predicted molar refractivity (Wildman–Crippen MR) is 84.3 cm³/mol. The van der Waals surface area contributed by atoms with E-state index in [0.717, 1.165) is 23.2 Å². The standard InChI is InChI=1S/C17H14ClN3/c1-12-15(10-13-6-3-2-4-7-13)16(18)21-17(20-12)14-8-5-9-19-11-14/h2-9,11H,10H2,1H3. The van der Waals surface area contributed by atoms with Gasteiger partial charge in [-0.15, -0.1) is 0 Å². The lowest BCUT2D eigenvalue weighted by atomic mass is 10.1. The predicted octanol–water partition coefficient (Wildman–Crippen LogP) is 4.09. The van der Waals surface area contributed by atoms with Crippen molar-refractivity contribution in [1.29, 1.82) is 0 Å². The van der Waals surface area contributed by atoms with Crippen LogP contribution in [-0.4, -0.2) is 15.0 Å². The third-order valence-electron chi connectivity index (χ3n) is 3.31. The van der Waals surface area contributed by atoms with Gasteiger partial charge in [0.15, 0.2) is 5.82 Å². The average molecular weight is 296 g/mol. The molecule has 0 aliphatic heterocycles. The molecule has 4 heteroatoms. The van der Waals surface area contributed by atoms with Crippen LogP contribution in [0.15, 0.2) is 54.9 Å². The summed E-state index contributed by atoms with van der Waals surface area (Å²) in [6, 6.07) is 14.0. The van der Waals surface area contributed by atoms with Crippen LogP contribution in [0.4, 0.5) is 0 Å². The quantitative estimate of drug-likeness (QED) is 0.683. The van der Waals surface area contributed by atoms with Crippen molar-refractivity contribution < 1.29 is 0 Å². The molecule has 104 valence electrons. The minimum atomic E-state index is 0.505. The van der Waals surface area contributed by atoms with Gasteiger partial charge in [-0.1, -0.05) is 41.9 Å². The molecule has 1 aromatic carbocycles. The topological polar surface area (TPSA) is 38.7 Å². The summed E-state index contributed by atoms with van der Waals surface area (Å²) in [5.74, 6) is 0.613. The molecule has 0 saturated heterocycles. The van der Waals surface area contributed by atoms with Crippen molar-refractivity contribution in [1.82, 2.24) is 15.0 Å². The third kappa shape index (κ3) is 3.09. The lowest BCUT2D eigenvalue weighted by Crippen LogP contribution is -2.01. The Morgan fingerprint density at radius 2 is 1.81 bits per heavy atom. The molecule has 2 heterocycles. The maximum Gasteiger partial charge on any atom is 0.162 e. The average Bonchev–Trinajstić information content (AvgIpc) is 2.52. The van der Waals surface area contributed by atoms with Crippen molar-refractivity contribution in [2.45, 2.75) is 13.3 Å². The van der Waals surface area contributed by atoms with Crippen molar-refractivity contribution in [2.24, 2.45) is 0 Å². The highest BCUT2D eigenvalue weighted by Gasteiger charge is 2.12. The van der Waals surface area contributed by atoms with Crippen molar-refractivity contribution in [2.75, 3.05) is 0 Å². The van der Waals surface area contributed by atoms with Crippen LogP contribution in [0.5, 0.6) is 0 Å². The Balaban J connectivity index is 1.97. The number of hydrogen-bond donors (Lipinski definition) is 0. The molecule has 2 aromatic heterocycles. The Hall–Kier alpha value is -2.26. The maximum atomic E-state index is 6.36. The van der Waals surface area contributed by atoms with Crippen LogP contribution >= 0.6 is 11.6 Å². The smallest absolute Gasteiger partial charge is 0.162 e. The fourth-order valence-electron chi connectivity index (χ4n) is 2.19. The van der Waals surface area contributed by atoms with Crippen LogP contribution in [0.25, 0.3) is 11.4 Å². The van der Waals surface area contributed by atoms with E-state index in [9.17, 15) is 0 Å². The van der Waals surface area contributed by atoms with E-state index in [1.54, 1.807) is 12.4 Å². The largest absolute Gasteiger partial charge is 0.264 e. The van der Waals surface area contributed by atoms with Gasteiger partial charge in [-0.2, -0.15) is 0 Å². The maximum absolute atomic E-state index is 6.36. The molecule has 0 atom stereocenters. The van der Waals surface area contributed by atoms with Crippen LogP contribution in [-0.2, 0) is 6.42 Å². The van der Waals surface area contributed by atoms with Gasteiger partial charge >= 0.3 is 0 Å². The number of nitrogens with zero attached hydrogens (tertiary/aromatic N) is 3. The first-order valence-corrected chi connectivity index (χ1v) is 7.09. The van der Waals surface area contributed by atoms with Crippen LogP contribution < -0.4 is 0 Å². The van der Waals surface area contributed by atoms with E-state index >= 15 is 0 Å². The minimum absolute atomic E-state index is 0.505. The van der Waals surface area contributed by atoms with Gasteiger partial charge in [-0.05, 0) is 24.6 Å². The molecule has 21 heavy (non-hydrogen) atoms. The van der Waals surface area contributed by atoms with E-state index in [2.05, 4.69) is 27.1 Å². The summed E-state index contributed by atoms with van der Waals surface area (Å²) in [6.45, 7) is 1.96. The monoisotopic (exact) mass is 295 g/mol. The molecule has 0 spiro atoms. The second-order valence-corrected chi connectivity index (χ2v) is 5.16. The summed E-state index contributed by atoms with van der Waals surface area (Å²) in [6.07, 6.45) is 4.20. The lowest BCUT2D eigenvalue weighted by Gasteiger charge is -2.09. The first-order chi connectivity index (χ1) is 10.2. The number of aromatic nitrogens is 3. The molecule has 0 amide bonds. The molecule has 0 bridgehead atoms. The second kappa shape index (κ2) is 6.02. The number of halogens is 1. The van der Waals surface area contributed by atoms with E-state index in [1.807, 2.05) is 37.3 Å². The van der Waals surface area contributed by atoms with Gasteiger partial charge in [-0.3, -0.25) is 4.98 Å². The molecule has 3 nitrogen and oxygen atoms in total. The molecule has 3 rings (SSSR count). The molecule has 0 aliphatic rings. The SMILES string of the molecule is Cc1nc(-c2cccnc2)nc(Cl)c1Cc1ccccc1. The number of aryl methyl sites for hydroxylation is 1.